The van der Waals surface area contributed by atoms with Crippen molar-refractivity contribution in [3.8, 4) is 0 Å². The lowest BCUT2D eigenvalue weighted by atomic mass is 10.2. The van der Waals surface area contributed by atoms with Crippen LogP contribution in [-0.4, -0.2) is 30.6 Å². The monoisotopic (exact) mass is 188 g/mol. The van der Waals surface area contributed by atoms with Crippen LogP contribution in [0.4, 0.5) is 4.39 Å². The van der Waals surface area contributed by atoms with Gasteiger partial charge in [-0.15, -0.1) is 0 Å². The standard InChI is InChI=1S/C8H13FN2O2/c1-5(4-9)10-8(13)6-2-3-7(12)11-6/h5-6H,2-4H2,1H3,(H,10,13)(H,11,12). The smallest absolute Gasteiger partial charge is 0.242 e. The van der Waals surface area contributed by atoms with Crippen molar-refractivity contribution in [2.45, 2.75) is 31.8 Å². The fourth-order valence-corrected chi connectivity index (χ4v) is 1.19. The summed E-state index contributed by atoms with van der Waals surface area (Å²) in [5, 5.41) is 4.97. The third-order valence-electron chi connectivity index (χ3n) is 1.93. The normalized spacial score (nSPS) is 23.8. The van der Waals surface area contributed by atoms with E-state index in [0.29, 0.717) is 12.8 Å². The van der Waals surface area contributed by atoms with Crippen LogP contribution in [0.5, 0.6) is 0 Å². The molecule has 74 valence electrons. The minimum atomic E-state index is -0.591. The second-order valence-corrected chi connectivity index (χ2v) is 3.22. The van der Waals surface area contributed by atoms with E-state index in [0.717, 1.165) is 0 Å². The van der Waals surface area contributed by atoms with E-state index in [2.05, 4.69) is 10.6 Å². The Bertz CT molecular complexity index is 220. The van der Waals surface area contributed by atoms with Crippen LogP contribution in [0.25, 0.3) is 0 Å². The molecule has 5 heteroatoms. The van der Waals surface area contributed by atoms with E-state index >= 15 is 0 Å². The quantitative estimate of drug-likeness (QED) is 0.641. The Morgan fingerprint density at radius 3 is 3.00 bits per heavy atom. The van der Waals surface area contributed by atoms with Crippen molar-refractivity contribution in [3.63, 3.8) is 0 Å². The molecule has 0 aromatic rings. The Balaban J connectivity index is 2.35. The Morgan fingerprint density at radius 1 is 1.85 bits per heavy atom. The first kappa shape index (κ1) is 9.95. The fourth-order valence-electron chi connectivity index (χ4n) is 1.19. The van der Waals surface area contributed by atoms with E-state index < -0.39 is 18.8 Å². The molecule has 0 aromatic heterocycles. The van der Waals surface area contributed by atoms with Crippen LogP contribution in [-0.2, 0) is 9.59 Å². The third kappa shape index (κ3) is 2.68. The number of hydrogen-bond acceptors (Lipinski definition) is 2. The summed E-state index contributed by atoms with van der Waals surface area (Å²) >= 11 is 0. The highest BCUT2D eigenvalue weighted by molar-refractivity contribution is 5.90. The maximum atomic E-state index is 12.0. The van der Waals surface area contributed by atoms with Gasteiger partial charge in [-0.05, 0) is 13.3 Å². The van der Waals surface area contributed by atoms with Crippen LogP contribution < -0.4 is 10.6 Å². The second kappa shape index (κ2) is 4.20. The minimum absolute atomic E-state index is 0.118. The lowest BCUT2D eigenvalue weighted by Crippen LogP contribution is -2.45. The van der Waals surface area contributed by atoms with Gasteiger partial charge < -0.3 is 10.6 Å². The molecule has 0 aromatic carbocycles. The second-order valence-electron chi connectivity index (χ2n) is 3.22. The lowest BCUT2D eigenvalue weighted by molar-refractivity contribution is -0.126. The topological polar surface area (TPSA) is 58.2 Å². The van der Waals surface area contributed by atoms with E-state index in [1.54, 1.807) is 6.92 Å². The number of alkyl halides is 1. The number of hydrogen-bond donors (Lipinski definition) is 2. The van der Waals surface area contributed by atoms with Gasteiger partial charge in [0, 0.05) is 6.42 Å². The molecule has 2 unspecified atom stereocenters. The predicted octanol–water partition coefficient (Wildman–Crippen LogP) is -0.261. The summed E-state index contributed by atoms with van der Waals surface area (Å²) in [4.78, 5) is 22.0. The van der Waals surface area contributed by atoms with Gasteiger partial charge >= 0.3 is 0 Å². The highest BCUT2D eigenvalue weighted by Crippen LogP contribution is 2.06. The first-order valence-corrected chi connectivity index (χ1v) is 4.29. The van der Waals surface area contributed by atoms with E-state index in [1.807, 2.05) is 0 Å². The van der Waals surface area contributed by atoms with Crippen molar-refractivity contribution in [1.82, 2.24) is 10.6 Å². The Kier molecular flexibility index (Phi) is 3.22. The molecule has 1 rings (SSSR count). The zero-order valence-electron chi connectivity index (χ0n) is 7.47. The molecule has 4 nitrogen and oxygen atoms in total. The number of carbonyl (C=O) groups excluding carboxylic acids is 2. The minimum Gasteiger partial charge on any atom is -0.349 e. The summed E-state index contributed by atoms with van der Waals surface area (Å²) in [5.41, 5.74) is 0. The maximum absolute atomic E-state index is 12.0. The molecule has 0 spiro atoms. The summed E-state index contributed by atoms with van der Waals surface area (Å²) in [5.74, 6) is -0.413. The number of halogens is 1. The van der Waals surface area contributed by atoms with Crippen molar-refractivity contribution >= 4 is 11.8 Å². The van der Waals surface area contributed by atoms with Gasteiger partial charge in [-0.1, -0.05) is 0 Å². The van der Waals surface area contributed by atoms with Gasteiger partial charge in [0.15, 0.2) is 0 Å². The molecule has 0 aliphatic carbocycles. The van der Waals surface area contributed by atoms with Gasteiger partial charge in [0.1, 0.15) is 12.7 Å². The van der Waals surface area contributed by atoms with Crippen LogP contribution in [0.15, 0.2) is 0 Å². The van der Waals surface area contributed by atoms with Crippen LogP contribution in [0.1, 0.15) is 19.8 Å². The first-order valence-electron chi connectivity index (χ1n) is 4.29. The fraction of sp³-hybridized carbons (Fsp3) is 0.750. The SMILES string of the molecule is CC(CF)NC(=O)C1CCC(=O)N1. The van der Waals surface area contributed by atoms with Crippen LogP contribution in [0.3, 0.4) is 0 Å². The molecule has 2 atom stereocenters. The zero-order chi connectivity index (χ0) is 9.84. The summed E-state index contributed by atoms with van der Waals surface area (Å²) in [6, 6.07) is -0.952. The molecule has 1 aliphatic heterocycles. The molecule has 1 aliphatic rings. The summed E-state index contributed by atoms with van der Waals surface area (Å²) < 4.78 is 12.0. The van der Waals surface area contributed by atoms with Crippen LogP contribution in [0, 0.1) is 0 Å². The summed E-state index contributed by atoms with van der Waals surface area (Å²) in [6.45, 7) is 0.987. The first-order chi connectivity index (χ1) is 6.13. The van der Waals surface area contributed by atoms with Crippen molar-refractivity contribution in [2.24, 2.45) is 0 Å². The van der Waals surface area contributed by atoms with Gasteiger partial charge in [0.2, 0.25) is 11.8 Å². The largest absolute Gasteiger partial charge is 0.349 e. The molecule has 2 amide bonds. The van der Waals surface area contributed by atoms with Crippen molar-refractivity contribution < 1.29 is 14.0 Å². The van der Waals surface area contributed by atoms with E-state index in [9.17, 15) is 14.0 Å². The number of rotatable bonds is 3. The van der Waals surface area contributed by atoms with E-state index in [4.69, 9.17) is 0 Å². The maximum Gasteiger partial charge on any atom is 0.242 e. The van der Waals surface area contributed by atoms with Crippen molar-refractivity contribution in [1.29, 1.82) is 0 Å². The van der Waals surface area contributed by atoms with Gasteiger partial charge in [-0.25, -0.2) is 4.39 Å². The van der Waals surface area contributed by atoms with Crippen LogP contribution >= 0.6 is 0 Å². The summed E-state index contributed by atoms with van der Waals surface area (Å²) in [7, 11) is 0. The Morgan fingerprint density at radius 2 is 2.54 bits per heavy atom. The predicted molar refractivity (Wildman–Crippen MR) is 44.7 cm³/mol. The highest BCUT2D eigenvalue weighted by Gasteiger charge is 2.27. The van der Waals surface area contributed by atoms with Crippen LogP contribution in [0.2, 0.25) is 0 Å². The number of carbonyl (C=O) groups is 2. The molecular formula is C8H13FN2O2. The van der Waals surface area contributed by atoms with Crippen molar-refractivity contribution in [2.75, 3.05) is 6.67 Å². The number of nitrogens with one attached hydrogen (secondary N) is 2. The van der Waals surface area contributed by atoms with E-state index in [-0.39, 0.29) is 11.8 Å². The van der Waals surface area contributed by atoms with Crippen molar-refractivity contribution in [3.05, 3.63) is 0 Å². The number of amides is 2. The Hall–Kier alpha value is -1.13. The molecule has 1 fully saturated rings. The molecule has 2 N–H and O–H groups in total. The summed E-state index contributed by atoms with van der Waals surface area (Å²) in [6.07, 6.45) is 0.881. The van der Waals surface area contributed by atoms with E-state index in [1.165, 1.54) is 0 Å². The molecule has 0 bridgehead atoms. The average Bonchev–Trinajstić information content (AvgIpc) is 2.51. The molecule has 13 heavy (non-hydrogen) atoms. The highest BCUT2D eigenvalue weighted by atomic mass is 19.1. The van der Waals surface area contributed by atoms with Gasteiger partial charge in [0.05, 0.1) is 6.04 Å². The lowest BCUT2D eigenvalue weighted by Gasteiger charge is -2.13. The zero-order valence-corrected chi connectivity index (χ0v) is 7.47. The van der Waals surface area contributed by atoms with Gasteiger partial charge in [-0.2, -0.15) is 0 Å². The molecule has 0 radical (unpaired) electrons. The molecule has 0 saturated carbocycles. The Labute approximate surface area is 75.9 Å². The molecule has 1 saturated heterocycles. The van der Waals surface area contributed by atoms with Gasteiger partial charge in [-0.3, -0.25) is 9.59 Å². The molecule has 1 heterocycles. The average molecular weight is 188 g/mol. The third-order valence-corrected chi connectivity index (χ3v) is 1.93. The molecular weight excluding hydrogens is 175 g/mol. The van der Waals surface area contributed by atoms with Gasteiger partial charge in [0.25, 0.3) is 0 Å².